The van der Waals surface area contributed by atoms with Gasteiger partial charge in [0.05, 0.1) is 11.5 Å². The standard InChI is InChI=1S/C18H20N2O/c1-11-4-9-15-14(10-11)16(20-17(21)18(15,2)3)12-5-7-13(19)8-6-12/h4-10,16H,19H2,1-3H3,(H,20,21)/t16-/m0/s1. The molecule has 0 aliphatic carbocycles. The normalized spacial score (nSPS) is 19.8. The fourth-order valence-corrected chi connectivity index (χ4v) is 2.95. The lowest BCUT2D eigenvalue weighted by molar-refractivity contribution is -0.126. The van der Waals surface area contributed by atoms with Gasteiger partial charge in [-0.3, -0.25) is 4.79 Å². The molecule has 3 nitrogen and oxygen atoms in total. The van der Waals surface area contributed by atoms with E-state index >= 15 is 0 Å². The number of carbonyl (C=O) groups excluding carboxylic acids is 1. The maximum Gasteiger partial charge on any atom is 0.230 e. The first-order chi connectivity index (χ1) is 9.89. The summed E-state index contributed by atoms with van der Waals surface area (Å²) in [6.07, 6.45) is 0. The van der Waals surface area contributed by atoms with Crippen molar-refractivity contribution in [2.45, 2.75) is 32.2 Å². The van der Waals surface area contributed by atoms with Crippen LogP contribution in [-0.2, 0) is 10.2 Å². The molecule has 1 heterocycles. The summed E-state index contributed by atoms with van der Waals surface area (Å²) in [4.78, 5) is 12.5. The van der Waals surface area contributed by atoms with Crippen molar-refractivity contribution in [2.75, 3.05) is 5.73 Å². The van der Waals surface area contributed by atoms with Crippen molar-refractivity contribution in [3.05, 3.63) is 64.7 Å². The summed E-state index contributed by atoms with van der Waals surface area (Å²) in [5, 5.41) is 3.15. The van der Waals surface area contributed by atoms with E-state index in [0.29, 0.717) is 0 Å². The molecular formula is C18H20N2O. The molecule has 21 heavy (non-hydrogen) atoms. The van der Waals surface area contributed by atoms with E-state index < -0.39 is 5.41 Å². The van der Waals surface area contributed by atoms with Crippen molar-refractivity contribution in [3.63, 3.8) is 0 Å². The van der Waals surface area contributed by atoms with E-state index in [2.05, 4.69) is 30.4 Å². The Morgan fingerprint density at radius 2 is 1.76 bits per heavy atom. The van der Waals surface area contributed by atoms with Crippen molar-refractivity contribution in [1.82, 2.24) is 5.32 Å². The predicted molar refractivity (Wildman–Crippen MR) is 85.0 cm³/mol. The van der Waals surface area contributed by atoms with E-state index in [4.69, 9.17) is 5.73 Å². The lowest BCUT2D eigenvalue weighted by Gasteiger charge is -2.37. The number of hydrogen-bond acceptors (Lipinski definition) is 2. The molecule has 0 saturated carbocycles. The SMILES string of the molecule is Cc1ccc2c(c1)[C@H](c1ccc(N)cc1)NC(=O)C2(C)C. The first-order valence-electron chi connectivity index (χ1n) is 7.17. The van der Waals surface area contributed by atoms with Crippen LogP contribution in [0.25, 0.3) is 0 Å². The number of rotatable bonds is 1. The minimum Gasteiger partial charge on any atom is -0.399 e. The van der Waals surface area contributed by atoms with Crippen LogP contribution >= 0.6 is 0 Å². The summed E-state index contributed by atoms with van der Waals surface area (Å²) < 4.78 is 0. The number of carbonyl (C=O) groups is 1. The second kappa shape index (κ2) is 4.62. The highest BCUT2D eigenvalue weighted by molar-refractivity contribution is 5.90. The molecule has 0 radical (unpaired) electrons. The van der Waals surface area contributed by atoms with E-state index in [1.54, 1.807) is 0 Å². The van der Waals surface area contributed by atoms with Gasteiger partial charge in [-0.25, -0.2) is 0 Å². The van der Waals surface area contributed by atoms with Crippen LogP contribution in [0.2, 0.25) is 0 Å². The fourth-order valence-electron chi connectivity index (χ4n) is 2.95. The molecule has 0 bridgehead atoms. The zero-order valence-corrected chi connectivity index (χ0v) is 12.6. The smallest absolute Gasteiger partial charge is 0.230 e. The minimum absolute atomic E-state index is 0.0562. The molecule has 0 fully saturated rings. The molecule has 3 N–H and O–H groups in total. The molecule has 2 aromatic rings. The Hall–Kier alpha value is -2.29. The molecule has 3 rings (SSSR count). The van der Waals surface area contributed by atoms with Gasteiger partial charge in [0.1, 0.15) is 0 Å². The highest BCUT2D eigenvalue weighted by Crippen LogP contribution is 2.38. The molecular weight excluding hydrogens is 260 g/mol. The van der Waals surface area contributed by atoms with Crippen LogP contribution in [0.4, 0.5) is 5.69 Å². The molecule has 0 spiro atoms. The largest absolute Gasteiger partial charge is 0.399 e. The number of fused-ring (bicyclic) bond motifs is 1. The number of nitrogen functional groups attached to an aromatic ring is 1. The van der Waals surface area contributed by atoms with Gasteiger partial charge in [-0.1, -0.05) is 35.9 Å². The number of aryl methyl sites for hydroxylation is 1. The van der Waals surface area contributed by atoms with Gasteiger partial charge in [-0.05, 0) is 49.6 Å². The molecule has 0 saturated heterocycles. The van der Waals surface area contributed by atoms with Gasteiger partial charge in [0.15, 0.2) is 0 Å². The third-order valence-electron chi connectivity index (χ3n) is 4.30. The maximum absolute atomic E-state index is 12.5. The molecule has 0 aromatic heterocycles. The highest BCUT2D eigenvalue weighted by atomic mass is 16.2. The van der Waals surface area contributed by atoms with Crippen molar-refractivity contribution in [1.29, 1.82) is 0 Å². The summed E-state index contributed by atoms with van der Waals surface area (Å²) in [5.41, 5.74) is 10.5. The van der Waals surface area contributed by atoms with Gasteiger partial charge in [-0.2, -0.15) is 0 Å². The third-order valence-corrected chi connectivity index (χ3v) is 4.30. The van der Waals surface area contributed by atoms with Crippen LogP contribution in [0.3, 0.4) is 0 Å². The van der Waals surface area contributed by atoms with Crippen molar-refractivity contribution in [3.8, 4) is 0 Å². The lowest BCUT2D eigenvalue weighted by Crippen LogP contribution is -2.47. The average Bonchev–Trinajstić information content (AvgIpc) is 2.44. The summed E-state index contributed by atoms with van der Waals surface area (Å²) in [6, 6.07) is 13.9. The minimum atomic E-state index is -0.507. The van der Waals surface area contributed by atoms with Crippen LogP contribution in [0.15, 0.2) is 42.5 Å². The Morgan fingerprint density at radius 3 is 2.43 bits per heavy atom. The Balaban J connectivity index is 2.17. The van der Waals surface area contributed by atoms with Crippen molar-refractivity contribution >= 4 is 11.6 Å². The number of hydrogen-bond donors (Lipinski definition) is 2. The first-order valence-corrected chi connectivity index (χ1v) is 7.17. The van der Waals surface area contributed by atoms with Crippen LogP contribution in [-0.4, -0.2) is 5.91 Å². The predicted octanol–water partition coefficient (Wildman–Crippen LogP) is 3.07. The number of nitrogens with one attached hydrogen (secondary N) is 1. The first kappa shape index (κ1) is 13.7. The zero-order valence-electron chi connectivity index (χ0n) is 12.6. The maximum atomic E-state index is 12.5. The summed E-state index contributed by atoms with van der Waals surface area (Å²) in [6.45, 7) is 6.01. The molecule has 1 amide bonds. The van der Waals surface area contributed by atoms with Crippen LogP contribution < -0.4 is 11.1 Å². The van der Waals surface area contributed by atoms with E-state index in [-0.39, 0.29) is 11.9 Å². The summed E-state index contributed by atoms with van der Waals surface area (Å²) in [5.74, 6) is 0.0562. The molecule has 108 valence electrons. The Kier molecular flexibility index (Phi) is 3.01. The molecule has 1 aliphatic heterocycles. The van der Waals surface area contributed by atoms with Crippen molar-refractivity contribution < 1.29 is 4.79 Å². The molecule has 1 aliphatic rings. The topological polar surface area (TPSA) is 55.1 Å². The molecule has 2 aromatic carbocycles. The van der Waals surface area contributed by atoms with Gasteiger partial charge < -0.3 is 11.1 Å². The van der Waals surface area contributed by atoms with Gasteiger partial charge in [0.2, 0.25) is 5.91 Å². The van der Waals surface area contributed by atoms with Crippen LogP contribution in [0.1, 0.15) is 42.1 Å². The number of amides is 1. The third kappa shape index (κ3) is 2.19. The number of nitrogens with two attached hydrogens (primary N) is 1. The van der Waals surface area contributed by atoms with Crippen molar-refractivity contribution in [2.24, 2.45) is 0 Å². The molecule has 0 unspecified atom stereocenters. The lowest BCUT2D eigenvalue weighted by atomic mass is 9.74. The Bertz CT molecular complexity index is 702. The Morgan fingerprint density at radius 1 is 1.10 bits per heavy atom. The van der Waals surface area contributed by atoms with E-state index in [1.807, 2.05) is 38.1 Å². The zero-order chi connectivity index (χ0) is 15.2. The number of benzene rings is 2. The number of anilines is 1. The van der Waals surface area contributed by atoms with Gasteiger partial charge in [0.25, 0.3) is 0 Å². The van der Waals surface area contributed by atoms with E-state index in [0.717, 1.165) is 16.8 Å². The van der Waals surface area contributed by atoms with Crippen LogP contribution in [0.5, 0.6) is 0 Å². The quantitative estimate of drug-likeness (QED) is 0.789. The van der Waals surface area contributed by atoms with Crippen LogP contribution in [0, 0.1) is 6.92 Å². The highest BCUT2D eigenvalue weighted by Gasteiger charge is 2.39. The molecule has 3 heteroatoms. The summed E-state index contributed by atoms with van der Waals surface area (Å²) >= 11 is 0. The second-order valence-corrected chi connectivity index (χ2v) is 6.29. The van der Waals surface area contributed by atoms with E-state index in [1.165, 1.54) is 11.1 Å². The van der Waals surface area contributed by atoms with Gasteiger partial charge >= 0.3 is 0 Å². The monoisotopic (exact) mass is 280 g/mol. The van der Waals surface area contributed by atoms with E-state index in [9.17, 15) is 4.79 Å². The Labute approximate surface area is 125 Å². The average molecular weight is 280 g/mol. The fraction of sp³-hybridized carbons (Fsp3) is 0.278. The second-order valence-electron chi connectivity index (χ2n) is 6.29. The van der Waals surface area contributed by atoms with Gasteiger partial charge in [-0.15, -0.1) is 0 Å². The summed E-state index contributed by atoms with van der Waals surface area (Å²) in [7, 11) is 0. The van der Waals surface area contributed by atoms with Gasteiger partial charge in [0, 0.05) is 5.69 Å². The molecule has 1 atom stereocenters.